The molecule has 1 aromatic rings. The first kappa shape index (κ1) is 16.9. The highest BCUT2D eigenvalue weighted by atomic mass is 19.4. The smallest absolute Gasteiger partial charge is 0.489 e. The summed E-state index contributed by atoms with van der Waals surface area (Å²) in [5.41, 5.74) is 0.258. The van der Waals surface area contributed by atoms with Gasteiger partial charge in [0.2, 0.25) is 0 Å². The summed E-state index contributed by atoms with van der Waals surface area (Å²) in [6.45, 7) is 3.95. The average molecular weight is 304 g/mol. The highest BCUT2D eigenvalue weighted by Gasteiger charge is 2.32. The lowest BCUT2D eigenvalue weighted by Crippen LogP contribution is -2.18. The molecule has 4 nitrogen and oxygen atoms in total. The molecule has 0 unspecified atom stereocenters. The summed E-state index contributed by atoms with van der Waals surface area (Å²) < 4.78 is 46.3. The van der Waals surface area contributed by atoms with E-state index in [4.69, 9.17) is 9.84 Å². The Morgan fingerprint density at radius 2 is 2.00 bits per heavy atom. The first-order valence-corrected chi connectivity index (χ1v) is 6.11. The van der Waals surface area contributed by atoms with E-state index < -0.39 is 18.1 Å². The quantitative estimate of drug-likeness (QED) is 0.814. The van der Waals surface area contributed by atoms with E-state index in [0.717, 1.165) is 18.2 Å². The minimum atomic E-state index is -4.86. The largest absolute Gasteiger partial charge is 0.573 e. The van der Waals surface area contributed by atoms with Gasteiger partial charge in [-0.1, -0.05) is 19.9 Å². The monoisotopic (exact) mass is 304 g/mol. The Morgan fingerprint density at radius 3 is 2.52 bits per heavy atom. The van der Waals surface area contributed by atoms with Gasteiger partial charge >= 0.3 is 12.3 Å². The second kappa shape index (κ2) is 7.01. The van der Waals surface area contributed by atoms with E-state index in [1.54, 1.807) is 0 Å². The van der Waals surface area contributed by atoms with Crippen molar-refractivity contribution in [1.29, 1.82) is 0 Å². The summed E-state index contributed by atoms with van der Waals surface area (Å²) in [6, 6.07) is 3.83. The first-order chi connectivity index (χ1) is 9.67. The van der Waals surface area contributed by atoms with Crippen molar-refractivity contribution in [1.82, 2.24) is 0 Å². The summed E-state index contributed by atoms with van der Waals surface area (Å²) in [4.78, 5) is 10.4. The number of alkyl halides is 3. The minimum absolute atomic E-state index is 0.0477. The molecule has 0 amide bonds. The summed E-state index contributed by atoms with van der Waals surface area (Å²) in [7, 11) is 0. The Kier molecular flexibility index (Phi) is 5.63. The van der Waals surface area contributed by atoms with Gasteiger partial charge in [-0.25, -0.2) is 4.79 Å². The molecule has 0 saturated heterocycles. The molecule has 0 atom stereocenters. The average Bonchev–Trinajstić information content (AvgIpc) is 2.33. The second-order valence-corrected chi connectivity index (χ2v) is 4.63. The zero-order valence-electron chi connectivity index (χ0n) is 11.5. The minimum Gasteiger partial charge on any atom is -0.489 e. The zero-order valence-corrected chi connectivity index (χ0v) is 11.5. The van der Waals surface area contributed by atoms with Gasteiger partial charge in [0.15, 0.2) is 11.5 Å². The Morgan fingerprint density at radius 1 is 1.33 bits per heavy atom. The van der Waals surface area contributed by atoms with Crippen LogP contribution in [0, 0.1) is 5.92 Å². The number of aliphatic carboxylic acids is 1. The molecule has 0 bridgehead atoms. The molecule has 0 radical (unpaired) electrons. The van der Waals surface area contributed by atoms with E-state index in [1.807, 2.05) is 13.8 Å². The number of carboxylic acid groups (broad SMARTS) is 1. The molecule has 1 N–H and O–H groups in total. The fraction of sp³-hybridized carbons (Fsp3) is 0.357. The fourth-order valence-electron chi connectivity index (χ4n) is 1.38. The van der Waals surface area contributed by atoms with Gasteiger partial charge in [0.1, 0.15) is 0 Å². The third-order valence-corrected chi connectivity index (χ3v) is 2.18. The predicted molar refractivity (Wildman–Crippen MR) is 70.1 cm³/mol. The van der Waals surface area contributed by atoms with Crippen LogP contribution >= 0.6 is 0 Å². The maximum atomic E-state index is 12.4. The van der Waals surface area contributed by atoms with Gasteiger partial charge in [0.25, 0.3) is 0 Å². The second-order valence-electron chi connectivity index (χ2n) is 4.63. The van der Waals surface area contributed by atoms with Crippen LogP contribution in [0.5, 0.6) is 11.5 Å². The fourth-order valence-corrected chi connectivity index (χ4v) is 1.38. The topological polar surface area (TPSA) is 55.8 Å². The Hall–Kier alpha value is -2.18. The number of carboxylic acids is 1. The first-order valence-electron chi connectivity index (χ1n) is 6.11. The number of halogens is 3. The number of rotatable bonds is 6. The third-order valence-electron chi connectivity index (χ3n) is 2.18. The van der Waals surface area contributed by atoms with Crippen LogP contribution in [0.2, 0.25) is 0 Å². The molecule has 0 heterocycles. The third kappa shape index (κ3) is 6.69. The van der Waals surface area contributed by atoms with Crippen LogP contribution in [0.15, 0.2) is 24.3 Å². The van der Waals surface area contributed by atoms with Crippen molar-refractivity contribution in [3.63, 3.8) is 0 Å². The number of hydrogen-bond acceptors (Lipinski definition) is 3. The van der Waals surface area contributed by atoms with Gasteiger partial charge in [0.05, 0.1) is 6.61 Å². The van der Waals surface area contributed by atoms with Crippen molar-refractivity contribution in [2.75, 3.05) is 6.61 Å². The molecule has 1 rings (SSSR count). The van der Waals surface area contributed by atoms with Crippen LogP contribution < -0.4 is 9.47 Å². The number of hydrogen-bond donors (Lipinski definition) is 1. The van der Waals surface area contributed by atoms with Crippen molar-refractivity contribution < 1.29 is 32.5 Å². The molecule has 21 heavy (non-hydrogen) atoms. The molecule has 0 aliphatic rings. The van der Waals surface area contributed by atoms with Crippen molar-refractivity contribution in [3.8, 4) is 11.5 Å². The highest BCUT2D eigenvalue weighted by molar-refractivity contribution is 5.85. The van der Waals surface area contributed by atoms with Gasteiger partial charge in [-0.2, -0.15) is 0 Å². The van der Waals surface area contributed by atoms with Crippen molar-refractivity contribution in [2.24, 2.45) is 5.92 Å². The van der Waals surface area contributed by atoms with Gasteiger partial charge in [0, 0.05) is 6.08 Å². The number of ether oxygens (including phenoxy) is 2. The molecule has 7 heteroatoms. The van der Waals surface area contributed by atoms with E-state index in [0.29, 0.717) is 0 Å². The summed E-state index contributed by atoms with van der Waals surface area (Å²) >= 11 is 0. The maximum absolute atomic E-state index is 12.4. The van der Waals surface area contributed by atoms with Crippen LogP contribution in [0.4, 0.5) is 13.2 Å². The molecule has 0 aromatic heterocycles. The van der Waals surface area contributed by atoms with Crippen LogP contribution in [0.1, 0.15) is 19.4 Å². The van der Waals surface area contributed by atoms with Gasteiger partial charge < -0.3 is 14.6 Å². The standard InChI is InChI=1S/C14H15F3O4/c1-9(2)8-20-11-5-3-10(4-6-13(18)19)7-12(11)21-14(15,16)17/h3-7,9H,8H2,1-2H3,(H,18,19)/b6-4+. The normalized spacial score (nSPS) is 11.9. The predicted octanol–water partition coefficient (Wildman–Crippen LogP) is 3.72. The zero-order chi connectivity index (χ0) is 16.0. The van der Waals surface area contributed by atoms with Gasteiger partial charge in [-0.3, -0.25) is 0 Å². The summed E-state index contributed by atoms with van der Waals surface area (Å²) in [5, 5.41) is 8.51. The van der Waals surface area contributed by atoms with Gasteiger partial charge in [-0.05, 0) is 29.7 Å². The van der Waals surface area contributed by atoms with Crippen molar-refractivity contribution in [3.05, 3.63) is 29.8 Å². The molecule has 1 aromatic carbocycles. The van der Waals surface area contributed by atoms with E-state index >= 15 is 0 Å². The Bertz CT molecular complexity index is 521. The maximum Gasteiger partial charge on any atom is 0.573 e. The lowest BCUT2D eigenvalue weighted by Gasteiger charge is -2.15. The van der Waals surface area contributed by atoms with Gasteiger partial charge in [-0.15, -0.1) is 13.2 Å². The van der Waals surface area contributed by atoms with E-state index in [1.165, 1.54) is 12.1 Å². The lowest BCUT2D eigenvalue weighted by atomic mass is 10.2. The molecule has 0 saturated carbocycles. The highest BCUT2D eigenvalue weighted by Crippen LogP contribution is 2.33. The summed E-state index contributed by atoms with van der Waals surface area (Å²) in [5.74, 6) is -1.62. The lowest BCUT2D eigenvalue weighted by molar-refractivity contribution is -0.275. The van der Waals surface area contributed by atoms with E-state index in [9.17, 15) is 18.0 Å². The number of benzene rings is 1. The van der Waals surface area contributed by atoms with Crippen molar-refractivity contribution in [2.45, 2.75) is 20.2 Å². The van der Waals surface area contributed by atoms with Crippen LogP contribution in [0.25, 0.3) is 6.08 Å². The van der Waals surface area contributed by atoms with Crippen LogP contribution in [-0.2, 0) is 4.79 Å². The van der Waals surface area contributed by atoms with Crippen LogP contribution in [0.3, 0.4) is 0 Å². The Labute approximate surface area is 119 Å². The van der Waals surface area contributed by atoms with Crippen LogP contribution in [-0.4, -0.2) is 24.0 Å². The van der Waals surface area contributed by atoms with E-state index in [2.05, 4.69) is 4.74 Å². The molecular weight excluding hydrogens is 289 g/mol. The Balaban J connectivity index is 3.04. The molecule has 0 fully saturated rings. The molecule has 0 spiro atoms. The molecular formula is C14H15F3O4. The number of carbonyl (C=O) groups is 1. The summed E-state index contributed by atoms with van der Waals surface area (Å²) in [6.07, 6.45) is -2.87. The van der Waals surface area contributed by atoms with Crippen molar-refractivity contribution >= 4 is 12.0 Å². The molecule has 0 aliphatic carbocycles. The molecule has 0 aliphatic heterocycles. The van der Waals surface area contributed by atoms with E-state index in [-0.39, 0.29) is 23.8 Å². The SMILES string of the molecule is CC(C)COc1ccc(/C=C/C(=O)O)cc1OC(F)(F)F. The molecule has 116 valence electrons.